The number of pyridine rings is 1. The minimum absolute atomic E-state index is 0.286. The van der Waals surface area contributed by atoms with Crippen molar-refractivity contribution in [2.45, 2.75) is 25.2 Å². The third-order valence-corrected chi connectivity index (χ3v) is 6.82. The molecule has 1 aromatic heterocycles. The first kappa shape index (κ1) is 23.3. The van der Waals surface area contributed by atoms with Crippen molar-refractivity contribution in [3.8, 4) is 0 Å². The zero-order valence-corrected chi connectivity index (χ0v) is 20.3. The number of aryl methyl sites for hydroxylation is 1. The number of anilines is 1. The van der Waals surface area contributed by atoms with Gasteiger partial charge in [-0.1, -0.05) is 71.7 Å². The van der Waals surface area contributed by atoms with Gasteiger partial charge in [0.2, 0.25) is 0 Å². The molecule has 0 radical (unpaired) electrons. The highest BCUT2D eigenvalue weighted by molar-refractivity contribution is 6.36. The fourth-order valence-electron chi connectivity index (χ4n) is 4.61. The first-order chi connectivity index (χ1) is 17.0. The SMILES string of the molecule is O=C(COC(=O)c1c2c(nc3ccccc13)CCC(c1ccccc1)C2)Nc1ccc(Cl)cc1Cl. The number of esters is 1. The number of para-hydroxylation sites is 1. The van der Waals surface area contributed by atoms with Gasteiger partial charge in [0.05, 0.1) is 21.8 Å². The van der Waals surface area contributed by atoms with Gasteiger partial charge in [0.1, 0.15) is 0 Å². The number of carbonyl (C=O) groups excluding carboxylic acids is 2. The van der Waals surface area contributed by atoms with Gasteiger partial charge in [-0.05, 0) is 60.6 Å². The fourth-order valence-corrected chi connectivity index (χ4v) is 5.07. The third-order valence-electron chi connectivity index (χ3n) is 6.27. The normalized spacial score (nSPS) is 14.9. The van der Waals surface area contributed by atoms with Gasteiger partial charge in [0, 0.05) is 16.1 Å². The van der Waals surface area contributed by atoms with E-state index < -0.39 is 18.5 Å². The van der Waals surface area contributed by atoms with E-state index >= 15 is 0 Å². The Labute approximate surface area is 213 Å². The lowest BCUT2D eigenvalue weighted by atomic mass is 9.80. The zero-order chi connectivity index (χ0) is 24.4. The minimum atomic E-state index is -0.536. The number of carbonyl (C=O) groups is 2. The molecule has 1 atom stereocenters. The van der Waals surface area contributed by atoms with E-state index in [2.05, 4.69) is 17.4 Å². The zero-order valence-electron chi connectivity index (χ0n) is 18.8. The van der Waals surface area contributed by atoms with Gasteiger partial charge < -0.3 is 10.1 Å². The standard InChI is InChI=1S/C28H22Cl2N2O3/c29-19-11-13-25(22(30)15-19)32-26(33)16-35-28(34)27-20-8-4-5-9-23(20)31-24-12-10-18(14-21(24)27)17-6-2-1-3-7-17/h1-9,11,13,15,18H,10,12,14,16H2,(H,32,33). The van der Waals surface area contributed by atoms with Crippen LogP contribution in [-0.2, 0) is 22.4 Å². The number of hydrogen-bond donors (Lipinski definition) is 1. The average molecular weight is 505 g/mol. The van der Waals surface area contributed by atoms with Crippen LogP contribution in [0.4, 0.5) is 5.69 Å². The monoisotopic (exact) mass is 504 g/mol. The molecule has 0 bridgehead atoms. The molecule has 3 aromatic carbocycles. The van der Waals surface area contributed by atoms with E-state index in [0.717, 1.165) is 35.0 Å². The first-order valence-corrected chi connectivity index (χ1v) is 12.1. The molecular formula is C28H22Cl2N2O3. The molecule has 0 spiro atoms. The minimum Gasteiger partial charge on any atom is -0.452 e. The molecule has 0 fully saturated rings. The maximum atomic E-state index is 13.4. The van der Waals surface area contributed by atoms with E-state index in [0.29, 0.717) is 27.7 Å². The molecule has 1 aliphatic carbocycles. The van der Waals surface area contributed by atoms with Crippen molar-refractivity contribution >= 4 is 51.7 Å². The molecule has 5 nitrogen and oxygen atoms in total. The van der Waals surface area contributed by atoms with Gasteiger partial charge in [0.25, 0.3) is 5.91 Å². The van der Waals surface area contributed by atoms with Crippen LogP contribution in [0.15, 0.2) is 72.8 Å². The van der Waals surface area contributed by atoms with E-state index in [-0.39, 0.29) is 5.92 Å². The summed E-state index contributed by atoms with van der Waals surface area (Å²) in [5.74, 6) is -0.739. The largest absolute Gasteiger partial charge is 0.452 e. The average Bonchev–Trinajstić information content (AvgIpc) is 2.87. The molecule has 1 N–H and O–H groups in total. The van der Waals surface area contributed by atoms with Crippen LogP contribution in [0, 0.1) is 0 Å². The third kappa shape index (κ3) is 5.02. The number of aromatic nitrogens is 1. The summed E-state index contributed by atoms with van der Waals surface area (Å²) in [5, 5.41) is 4.15. The van der Waals surface area contributed by atoms with E-state index in [1.165, 1.54) is 11.6 Å². The summed E-state index contributed by atoms with van der Waals surface area (Å²) in [4.78, 5) is 30.7. The highest BCUT2D eigenvalue weighted by atomic mass is 35.5. The second-order valence-electron chi connectivity index (χ2n) is 8.53. The summed E-state index contributed by atoms with van der Waals surface area (Å²) in [5.41, 5.74) is 4.69. The maximum absolute atomic E-state index is 13.4. The molecule has 176 valence electrons. The lowest BCUT2D eigenvalue weighted by molar-refractivity contribution is -0.119. The predicted molar refractivity (Wildman–Crippen MR) is 138 cm³/mol. The summed E-state index contributed by atoms with van der Waals surface area (Å²) in [6.07, 6.45) is 2.42. The Morgan fingerprint density at radius 2 is 1.77 bits per heavy atom. The number of ether oxygens (including phenoxy) is 1. The predicted octanol–water partition coefficient (Wildman–Crippen LogP) is 6.61. The Morgan fingerprint density at radius 1 is 1.00 bits per heavy atom. The first-order valence-electron chi connectivity index (χ1n) is 11.4. The Hall–Kier alpha value is -3.41. The highest BCUT2D eigenvalue weighted by Crippen LogP contribution is 2.36. The molecule has 0 saturated heterocycles. The molecule has 5 rings (SSSR count). The highest BCUT2D eigenvalue weighted by Gasteiger charge is 2.28. The molecule has 7 heteroatoms. The second-order valence-corrected chi connectivity index (χ2v) is 9.37. The van der Waals surface area contributed by atoms with Crippen LogP contribution >= 0.6 is 23.2 Å². The Morgan fingerprint density at radius 3 is 2.57 bits per heavy atom. The van der Waals surface area contributed by atoms with E-state index in [1.807, 2.05) is 42.5 Å². The number of amides is 1. The quantitative estimate of drug-likeness (QED) is 0.310. The van der Waals surface area contributed by atoms with Crippen molar-refractivity contribution in [3.63, 3.8) is 0 Å². The molecule has 1 unspecified atom stereocenters. The van der Waals surface area contributed by atoms with Gasteiger partial charge in [-0.3, -0.25) is 9.78 Å². The van der Waals surface area contributed by atoms with Crippen molar-refractivity contribution in [1.29, 1.82) is 0 Å². The van der Waals surface area contributed by atoms with Crippen LogP contribution in [-0.4, -0.2) is 23.5 Å². The molecule has 0 aliphatic heterocycles. The number of nitrogens with zero attached hydrogens (tertiary/aromatic N) is 1. The summed E-state index contributed by atoms with van der Waals surface area (Å²) in [6, 6.07) is 22.6. The van der Waals surface area contributed by atoms with Crippen LogP contribution in [0.1, 0.15) is 39.5 Å². The smallest absolute Gasteiger partial charge is 0.339 e. The number of nitrogens with one attached hydrogen (secondary N) is 1. The molecule has 1 heterocycles. The molecular weight excluding hydrogens is 483 g/mol. The number of hydrogen-bond acceptors (Lipinski definition) is 4. The van der Waals surface area contributed by atoms with Crippen LogP contribution in [0.25, 0.3) is 10.9 Å². The van der Waals surface area contributed by atoms with E-state index in [4.69, 9.17) is 32.9 Å². The van der Waals surface area contributed by atoms with Gasteiger partial charge in [-0.25, -0.2) is 4.79 Å². The molecule has 1 amide bonds. The maximum Gasteiger partial charge on any atom is 0.339 e. The van der Waals surface area contributed by atoms with Crippen LogP contribution in [0.5, 0.6) is 0 Å². The van der Waals surface area contributed by atoms with Crippen LogP contribution < -0.4 is 5.32 Å². The topological polar surface area (TPSA) is 68.3 Å². The van der Waals surface area contributed by atoms with Crippen molar-refractivity contribution in [2.24, 2.45) is 0 Å². The number of fused-ring (bicyclic) bond motifs is 2. The Bertz CT molecular complexity index is 1420. The molecule has 0 saturated carbocycles. The Balaban J connectivity index is 1.41. The fraction of sp³-hybridized carbons (Fsp3) is 0.179. The van der Waals surface area contributed by atoms with Gasteiger partial charge >= 0.3 is 5.97 Å². The molecule has 4 aromatic rings. The van der Waals surface area contributed by atoms with Gasteiger partial charge in [0.15, 0.2) is 6.61 Å². The van der Waals surface area contributed by atoms with E-state index in [1.54, 1.807) is 12.1 Å². The second kappa shape index (κ2) is 10.1. The van der Waals surface area contributed by atoms with Crippen molar-refractivity contribution in [2.75, 3.05) is 11.9 Å². The summed E-state index contributed by atoms with van der Waals surface area (Å²) >= 11 is 12.0. The van der Waals surface area contributed by atoms with E-state index in [9.17, 15) is 9.59 Å². The van der Waals surface area contributed by atoms with Crippen molar-refractivity contribution in [3.05, 3.63) is 105 Å². The van der Waals surface area contributed by atoms with Crippen LogP contribution in [0.2, 0.25) is 10.0 Å². The lowest BCUT2D eigenvalue weighted by Gasteiger charge is -2.26. The van der Waals surface area contributed by atoms with Gasteiger partial charge in [-0.2, -0.15) is 0 Å². The van der Waals surface area contributed by atoms with Crippen molar-refractivity contribution < 1.29 is 14.3 Å². The van der Waals surface area contributed by atoms with Crippen LogP contribution in [0.3, 0.4) is 0 Å². The molecule has 1 aliphatic rings. The summed E-state index contributed by atoms with van der Waals surface area (Å²) < 4.78 is 5.49. The number of rotatable bonds is 5. The lowest BCUT2D eigenvalue weighted by Crippen LogP contribution is -2.24. The van der Waals surface area contributed by atoms with Crippen molar-refractivity contribution in [1.82, 2.24) is 4.98 Å². The number of halogens is 2. The molecule has 35 heavy (non-hydrogen) atoms. The summed E-state index contributed by atoms with van der Waals surface area (Å²) in [6.45, 7) is -0.439. The Kier molecular flexibility index (Phi) is 6.71. The van der Waals surface area contributed by atoms with Gasteiger partial charge in [-0.15, -0.1) is 0 Å². The summed E-state index contributed by atoms with van der Waals surface area (Å²) in [7, 11) is 0. The number of benzene rings is 3.